The van der Waals surface area contributed by atoms with E-state index in [-0.39, 0.29) is 5.82 Å². The first kappa shape index (κ1) is 14.3. The SMILES string of the molecule is Fc1cnccc1-c1cc(-c2cc3ccccc3s2)c2[nH]ncc2c1. The molecule has 0 amide bonds. The summed E-state index contributed by atoms with van der Waals surface area (Å²) < 4.78 is 15.4. The van der Waals surface area contributed by atoms with Gasteiger partial charge in [-0.3, -0.25) is 10.1 Å². The summed E-state index contributed by atoms with van der Waals surface area (Å²) in [5, 5.41) is 9.41. The predicted molar refractivity (Wildman–Crippen MR) is 100 cm³/mol. The highest BCUT2D eigenvalue weighted by Gasteiger charge is 2.14. The molecule has 2 aromatic carbocycles. The minimum Gasteiger partial charge on any atom is -0.277 e. The molecule has 0 spiro atoms. The van der Waals surface area contributed by atoms with E-state index in [1.165, 1.54) is 16.3 Å². The standard InChI is InChI=1S/C20H12FN3S/c21-17-11-22-6-5-15(17)13-7-14-10-23-24-20(14)16(8-13)19-9-12-3-1-2-4-18(12)25-19/h1-11H,(H,23,24). The fourth-order valence-corrected chi connectivity index (χ4v) is 4.22. The van der Waals surface area contributed by atoms with Gasteiger partial charge in [-0.2, -0.15) is 5.10 Å². The van der Waals surface area contributed by atoms with Crippen molar-refractivity contribution in [1.29, 1.82) is 0 Å². The number of pyridine rings is 1. The van der Waals surface area contributed by atoms with E-state index in [4.69, 9.17) is 0 Å². The molecule has 0 radical (unpaired) electrons. The lowest BCUT2D eigenvalue weighted by atomic mass is 10.00. The molecule has 0 saturated heterocycles. The van der Waals surface area contributed by atoms with Gasteiger partial charge in [0.25, 0.3) is 0 Å². The highest BCUT2D eigenvalue weighted by molar-refractivity contribution is 7.22. The first-order valence-corrected chi connectivity index (χ1v) is 8.67. The number of aromatic amines is 1. The van der Waals surface area contributed by atoms with Crippen molar-refractivity contribution in [3.63, 3.8) is 0 Å². The van der Waals surface area contributed by atoms with E-state index in [9.17, 15) is 4.39 Å². The number of hydrogen-bond acceptors (Lipinski definition) is 3. The molecular formula is C20H12FN3S. The van der Waals surface area contributed by atoms with Gasteiger partial charge in [-0.15, -0.1) is 11.3 Å². The number of nitrogens with zero attached hydrogens (tertiary/aromatic N) is 2. The van der Waals surface area contributed by atoms with Crippen LogP contribution < -0.4 is 0 Å². The molecule has 0 fully saturated rings. The second-order valence-electron chi connectivity index (χ2n) is 5.86. The third-order valence-corrected chi connectivity index (χ3v) is 5.47. The molecule has 0 aliphatic heterocycles. The van der Waals surface area contributed by atoms with E-state index in [2.05, 4.69) is 33.4 Å². The second kappa shape index (κ2) is 5.50. The number of fused-ring (bicyclic) bond motifs is 2. The first-order valence-electron chi connectivity index (χ1n) is 7.85. The number of halogens is 1. The molecule has 5 rings (SSSR count). The molecule has 5 aromatic rings. The summed E-state index contributed by atoms with van der Waals surface area (Å²) in [6.45, 7) is 0. The van der Waals surface area contributed by atoms with Crippen LogP contribution in [-0.2, 0) is 0 Å². The van der Waals surface area contributed by atoms with Crippen molar-refractivity contribution in [3.05, 3.63) is 72.9 Å². The smallest absolute Gasteiger partial charge is 0.149 e. The third-order valence-electron chi connectivity index (χ3n) is 4.32. The molecule has 1 N–H and O–H groups in total. The number of rotatable bonds is 2. The van der Waals surface area contributed by atoms with E-state index in [0.717, 1.165) is 26.9 Å². The summed E-state index contributed by atoms with van der Waals surface area (Å²) >= 11 is 1.72. The van der Waals surface area contributed by atoms with Gasteiger partial charge < -0.3 is 0 Å². The molecule has 3 aromatic heterocycles. The highest BCUT2D eigenvalue weighted by atomic mass is 32.1. The van der Waals surface area contributed by atoms with Gasteiger partial charge in [0.1, 0.15) is 5.82 Å². The summed E-state index contributed by atoms with van der Waals surface area (Å²) in [5.41, 5.74) is 3.36. The van der Waals surface area contributed by atoms with Gasteiger partial charge in [-0.05, 0) is 41.3 Å². The normalized spacial score (nSPS) is 11.4. The summed E-state index contributed by atoms with van der Waals surface area (Å²) in [7, 11) is 0. The minimum absolute atomic E-state index is 0.326. The van der Waals surface area contributed by atoms with Crippen LogP contribution in [-0.4, -0.2) is 15.2 Å². The Balaban J connectivity index is 1.80. The fraction of sp³-hybridized carbons (Fsp3) is 0. The van der Waals surface area contributed by atoms with Gasteiger partial charge in [0.05, 0.1) is 17.9 Å². The van der Waals surface area contributed by atoms with Gasteiger partial charge in [-0.1, -0.05) is 18.2 Å². The van der Waals surface area contributed by atoms with Gasteiger partial charge in [-0.25, -0.2) is 4.39 Å². The second-order valence-corrected chi connectivity index (χ2v) is 6.95. The van der Waals surface area contributed by atoms with Crippen LogP contribution in [0.25, 0.3) is 42.6 Å². The van der Waals surface area contributed by atoms with Crippen molar-refractivity contribution in [2.24, 2.45) is 0 Å². The summed E-state index contributed by atoms with van der Waals surface area (Å²) in [5.74, 6) is -0.326. The Kier molecular flexibility index (Phi) is 3.15. The van der Waals surface area contributed by atoms with Crippen LogP contribution in [0, 0.1) is 5.82 Å². The third kappa shape index (κ3) is 2.32. The van der Waals surface area contributed by atoms with Crippen molar-refractivity contribution in [2.75, 3.05) is 0 Å². The van der Waals surface area contributed by atoms with Crippen LogP contribution in [0.15, 0.2) is 67.1 Å². The molecule has 5 heteroatoms. The Morgan fingerprint density at radius 2 is 1.84 bits per heavy atom. The Hall–Kier alpha value is -3.05. The largest absolute Gasteiger partial charge is 0.277 e. The first-order chi connectivity index (χ1) is 12.3. The molecule has 0 aliphatic rings. The molecule has 0 bridgehead atoms. The maximum absolute atomic E-state index is 14.2. The van der Waals surface area contributed by atoms with E-state index < -0.39 is 0 Å². The molecule has 0 saturated carbocycles. The number of thiophene rings is 1. The van der Waals surface area contributed by atoms with E-state index >= 15 is 0 Å². The molecule has 0 atom stereocenters. The lowest BCUT2D eigenvalue weighted by Crippen LogP contribution is -1.87. The van der Waals surface area contributed by atoms with Gasteiger partial charge >= 0.3 is 0 Å². The number of H-pyrrole nitrogens is 1. The molecule has 3 heterocycles. The molecule has 0 aliphatic carbocycles. The maximum atomic E-state index is 14.2. The van der Waals surface area contributed by atoms with Crippen LogP contribution >= 0.6 is 11.3 Å². The van der Waals surface area contributed by atoms with Gasteiger partial charge in [0.2, 0.25) is 0 Å². The van der Waals surface area contributed by atoms with Crippen LogP contribution in [0.5, 0.6) is 0 Å². The summed E-state index contributed by atoms with van der Waals surface area (Å²) in [6, 6.07) is 16.1. The highest BCUT2D eigenvalue weighted by Crippen LogP contribution is 2.39. The quantitative estimate of drug-likeness (QED) is 0.449. The molecule has 3 nitrogen and oxygen atoms in total. The van der Waals surface area contributed by atoms with Crippen molar-refractivity contribution in [2.45, 2.75) is 0 Å². The fourth-order valence-electron chi connectivity index (χ4n) is 3.13. The van der Waals surface area contributed by atoms with Crippen molar-refractivity contribution in [1.82, 2.24) is 15.2 Å². The van der Waals surface area contributed by atoms with Crippen LogP contribution in [0.2, 0.25) is 0 Å². The molecule has 25 heavy (non-hydrogen) atoms. The van der Waals surface area contributed by atoms with Gasteiger partial charge in [0.15, 0.2) is 0 Å². The van der Waals surface area contributed by atoms with Crippen LogP contribution in [0.4, 0.5) is 4.39 Å². The van der Waals surface area contributed by atoms with Crippen molar-refractivity contribution in [3.8, 4) is 21.6 Å². The average Bonchev–Trinajstić information content (AvgIpc) is 3.27. The Bertz CT molecular complexity index is 1190. The Labute approximate surface area is 146 Å². The average molecular weight is 345 g/mol. The van der Waals surface area contributed by atoms with Crippen LogP contribution in [0.1, 0.15) is 0 Å². The maximum Gasteiger partial charge on any atom is 0.149 e. The van der Waals surface area contributed by atoms with E-state index in [1.54, 1.807) is 29.8 Å². The van der Waals surface area contributed by atoms with Crippen molar-refractivity contribution >= 4 is 32.3 Å². The Morgan fingerprint density at radius 3 is 2.72 bits per heavy atom. The summed E-state index contributed by atoms with van der Waals surface area (Å²) in [6.07, 6.45) is 4.62. The zero-order valence-corrected chi connectivity index (χ0v) is 13.8. The number of nitrogens with one attached hydrogen (secondary N) is 1. The molecule has 0 unspecified atom stereocenters. The zero-order valence-electron chi connectivity index (χ0n) is 13.0. The predicted octanol–water partition coefficient (Wildman–Crippen LogP) is 5.65. The number of hydrogen-bond donors (Lipinski definition) is 1. The van der Waals surface area contributed by atoms with Crippen LogP contribution in [0.3, 0.4) is 0 Å². The molecule has 120 valence electrons. The monoisotopic (exact) mass is 345 g/mol. The lowest BCUT2D eigenvalue weighted by molar-refractivity contribution is 0.625. The lowest BCUT2D eigenvalue weighted by Gasteiger charge is -2.07. The van der Waals surface area contributed by atoms with E-state index in [1.807, 2.05) is 24.3 Å². The minimum atomic E-state index is -0.326. The number of aromatic nitrogens is 3. The topological polar surface area (TPSA) is 41.6 Å². The molecular weight excluding hydrogens is 333 g/mol. The Morgan fingerprint density at radius 1 is 0.920 bits per heavy atom. The van der Waals surface area contributed by atoms with Gasteiger partial charge in [0, 0.05) is 32.3 Å². The zero-order chi connectivity index (χ0) is 16.8. The number of benzene rings is 2. The van der Waals surface area contributed by atoms with E-state index in [0.29, 0.717) is 5.56 Å². The summed E-state index contributed by atoms with van der Waals surface area (Å²) in [4.78, 5) is 4.97. The van der Waals surface area contributed by atoms with Crippen molar-refractivity contribution < 1.29 is 4.39 Å².